The second-order valence-electron chi connectivity index (χ2n) is 9.08. The zero-order valence-corrected chi connectivity index (χ0v) is 16.2. The second kappa shape index (κ2) is 5.80. The molecule has 0 aromatic carbocycles. The summed E-state index contributed by atoms with van der Waals surface area (Å²) in [6.07, 6.45) is 7.02. The maximum absolute atomic E-state index is 13.4. The van der Waals surface area contributed by atoms with E-state index < -0.39 is 0 Å². The third-order valence-electron chi connectivity index (χ3n) is 7.17. The molecule has 1 spiro atoms. The zero-order valence-electron chi connectivity index (χ0n) is 16.2. The predicted octanol–water partition coefficient (Wildman–Crippen LogP) is 1.48. The number of aryl methyl sites for hydroxylation is 2. The first-order chi connectivity index (χ1) is 12.5. The minimum absolute atomic E-state index is 0.0837. The van der Waals surface area contributed by atoms with Gasteiger partial charge in [-0.2, -0.15) is 5.10 Å². The lowest BCUT2D eigenvalue weighted by atomic mass is 9.73. The summed E-state index contributed by atoms with van der Waals surface area (Å²) in [6.45, 7) is 2.66. The molecular formula is C20H30N4O2. The molecule has 4 heterocycles. The molecule has 142 valence electrons. The first kappa shape index (κ1) is 16.8. The SMILES string of the molecule is CN(C)C[C@H]1[C@@H]2CC[C@@]3(CN(C(=O)c4c5c(nn4C)CCCC5)C[C@@H]13)O2. The number of hydrogen-bond donors (Lipinski definition) is 0. The van der Waals surface area contributed by atoms with Gasteiger partial charge in [0.2, 0.25) is 0 Å². The molecule has 1 aromatic rings. The van der Waals surface area contributed by atoms with Crippen molar-refractivity contribution >= 4 is 5.91 Å². The summed E-state index contributed by atoms with van der Waals surface area (Å²) in [7, 11) is 6.20. The number of carbonyl (C=O) groups is 1. The molecule has 0 saturated carbocycles. The molecular weight excluding hydrogens is 328 g/mol. The molecule has 5 rings (SSSR count). The molecule has 6 nitrogen and oxygen atoms in total. The number of aromatic nitrogens is 2. The Kier molecular flexibility index (Phi) is 3.73. The molecule has 0 N–H and O–H groups in total. The highest BCUT2D eigenvalue weighted by Crippen LogP contribution is 2.55. The van der Waals surface area contributed by atoms with E-state index in [0.717, 1.165) is 56.7 Å². The van der Waals surface area contributed by atoms with E-state index in [-0.39, 0.29) is 11.5 Å². The standard InChI is InChI=1S/C20H30N4O2/c1-22(2)10-14-15-11-24(12-20(15)9-8-17(14)26-20)19(25)18-13-6-4-5-7-16(13)21-23(18)3/h14-15,17H,4-12H2,1-3H3/t14-,15+,17+,20+/m1/s1. The van der Waals surface area contributed by atoms with Gasteiger partial charge in [0.15, 0.2) is 0 Å². The van der Waals surface area contributed by atoms with Crippen LogP contribution in [0, 0.1) is 11.8 Å². The van der Waals surface area contributed by atoms with Gasteiger partial charge in [-0.25, -0.2) is 0 Å². The van der Waals surface area contributed by atoms with E-state index in [4.69, 9.17) is 4.74 Å². The van der Waals surface area contributed by atoms with Gasteiger partial charge >= 0.3 is 0 Å². The summed E-state index contributed by atoms with van der Waals surface area (Å²) in [5.41, 5.74) is 3.09. The largest absolute Gasteiger partial charge is 0.369 e. The van der Waals surface area contributed by atoms with Crippen LogP contribution in [0.4, 0.5) is 0 Å². The Balaban J connectivity index is 1.41. The Morgan fingerprint density at radius 3 is 2.96 bits per heavy atom. The van der Waals surface area contributed by atoms with Crippen molar-refractivity contribution in [3.63, 3.8) is 0 Å². The average Bonchev–Trinajstić information content (AvgIpc) is 3.32. The predicted molar refractivity (Wildman–Crippen MR) is 98.1 cm³/mol. The molecule has 1 aliphatic carbocycles. The Morgan fingerprint density at radius 2 is 2.15 bits per heavy atom. The van der Waals surface area contributed by atoms with Crippen LogP contribution in [0.5, 0.6) is 0 Å². The molecule has 3 aliphatic heterocycles. The molecule has 4 aliphatic rings. The lowest BCUT2D eigenvalue weighted by molar-refractivity contribution is 0.00243. The van der Waals surface area contributed by atoms with Gasteiger partial charge in [-0.05, 0) is 52.6 Å². The fraction of sp³-hybridized carbons (Fsp3) is 0.800. The smallest absolute Gasteiger partial charge is 0.272 e. The average molecular weight is 358 g/mol. The van der Waals surface area contributed by atoms with Crippen molar-refractivity contribution in [3.8, 4) is 0 Å². The highest BCUT2D eigenvalue weighted by Gasteiger charge is 2.63. The van der Waals surface area contributed by atoms with Gasteiger partial charge in [-0.15, -0.1) is 0 Å². The minimum Gasteiger partial charge on any atom is -0.369 e. The van der Waals surface area contributed by atoms with E-state index >= 15 is 0 Å². The fourth-order valence-electron chi connectivity index (χ4n) is 6.11. The van der Waals surface area contributed by atoms with Crippen molar-refractivity contribution in [1.82, 2.24) is 19.6 Å². The van der Waals surface area contributed by atoms with E-state index in [2.05, 4.69) is 29.0 Å². The molecule has 1 amide bonds. The summed E-state index contributed by atoms with van der Waals surface area (Å²) in [6, 6.07) is 0. The summed E-state index contributed by atoms with van der Waals surface area (Å²) >= 11 is 0. The molecule has 1 aromatic heterocycles. The van der Waals surface area contributed by atoms with Gasteiger partial charge in [-0.1, -0.05) is 0 Å². The molecule has 6 heteroatoms. The normalized spacial score (nSPS) is 35.2. The van der Waals surface area contributed by atoms with Crippen molar-refractivity contribution in [2.75, 3.05) is 33.7 Å². The van der Waals surface area contributed by atoms with Crippen molar-refractivity contribution in [1.29, 1.82) is 0 Å². The molecule has 3 fully saturated rings. The Labute approximate surface area is 155 Å². The van der Waals surface area contributed by atoms with Crippen molar-refractivity contribution < 1.29 is 9.53 Å². The Hall–Kier alpha value is -1.40. The number of carbonyl (C=O) groups excluding carboxylic acids is 1. The third kappa shape index (κ3) is 2.31. The van der Waals surface area contributed by atoms with Crippen molar-refractivity contribution in [2.24, 2.45) is 18.9 Å². The first-order valence-corrected chi connectivity index (χ1v) is 10.1. The zero-order chi connectivity index (χ0) is 18.1. The highest BCUT2D eigenvalue weighted by molar-refractivity contribution is 5.94. The Bertz CT molecular complexity index is 742. The summed E-state index contributed by atoms with van der Waals surface area (Å²) < 4.78 is 8.33. The molecule has 2 bridgehead atoms. The van der Waals surface area contributed by atoms with Crippen LogP contribution >= 0.6 is 0 Å². The lowest BCUT2D eigenvalue weighted by Gasteiger charge is -2.30. The van der Waals surface area contributed by atoms with E-state index in [9.17, 15) is 4.79 Å². The van der Waals surface area contributed by atoms with Crippen molar-refractivity contribution in [2.45, 2.75) is 50.2 Å². The maximum Gasteiger partial charge on any atom is 0.272 e. The van der Waals surface area contributed by atoms with Crippen LogP contribution in [0.15, 0.2) is 0 Å². The van der Waals surface area contributed by atoms with Crippen LogP contribution in [0.3, 0.4) is 0 Å². The monoisotopic (exact) mass is 358 g/mol. The summed E-state index contributed by atoms with van der Waals surface area (Å²) in [4.78, 5) is 17.8. The number of amides is 1. The van der Waals surface area contributed by atoms with Crippen LogP contribution in [-0.4, -0.2) is 70.9 Å². The topological polar surface area (TPSA) is 50.6 Å². The molecule has 26 heavy (non-hydrogen) atoms. The minimum atomic E-state index is -0.0837. The van der Waals surface area contributed by atoms with Gasteiger partial charge < -0.3 is 14.5 Å². The van der Waals surface area contributed by atoms with Crippen LogP contribution in [0.25, 0.3) is 0 Å². The van der Waals surface area contributed by atoms with Crippen LogP contribution in [0.1, 0.15) is 47.4 Å². The second-order valence-corrected chi connectivity index (χ2v) is 9.08. The highest BCUT2D eigenvalue weighted by atomic mass is 16.5. The van der Waals surface area contributed by atoms with E-state index in [1.807, 2.05) is 11.7 Å². The maximum atomic E-state index is 13.4. The van der Waals surface area contributed by atoms with Gasteiger partial charge in [-0.3, -0.25) is 9.48 Å². The number of fused-ring (bicyclic) bond motifs is 2. The van der Waals surface area contributed by atoms with Crippen LogP contribution < -0.4 is 0 Å². The van der Waals surface area contributed by atoms with E-state index in [1.165, 1.54) is 18.4 Å². The Morgan fingerprint density at radius 1 is 1.35 bits per heavy atom. The quantitative estimate of drug-likeness (QED) is 0.821. The molecule has 0 radical (unpaired) electrons. The van der Waals surface area contributed by atoms with Gasteiger partial charge in [0.25, 0.3) is 5.91 Å². The number of likely N-dealkylation sites (tertiary alicyclic amines) is 1. The number of ether oxygens (including phenoxy) is 1. The number of rotatable bonds is 3. The van der Waals surface area contributed by atoms with E-state index in [1.54, 1.807) is 0 Å². The molecule has 4 atom stereocenters. The summed E-state index contributed by atoms with van der Waals surface area (Å²) in [5.74, 6) is 1.20. The van der Waals surface area contributed by atoms with Gasteiger partial charge in [0, 0.05) is 37.5 Å². The third-order valence-corrected chi connectivity index (χ3v) is 7.17. The number of nitrogens with zero attached hydrogens (tertiary/aromatic N) is 4. The van der Waals surface area contributed by atoms with Crippen LogP contribution in [0.2, 0.25) is 0 Å². The lowest BCUT2D eigenvalue weighted by Crippen LogP contribution is -2.40. The van der Waals surface area contributed by atoms with Crippen molar-refractivity contribution in [3.05, 3.63) is 17.0 Å². The van der Waals surface area contributed by atoms with Gasteiger partial charge in [0.1, 0.15) is 5.69 Å². The van der Waals surface area contributed by atoms with E-state index in [0.29, 0.717) is 17.9 Å². The number of hydrogen-bond acceptors (Lipinski definition) is 4. The fourth-order valence-corrected chi connectivity index (χ4v) is 6.11. The first-order valence-electron chi connectivity index (χ1n) is 10.1. The molecule has 0 unspecified atom stereocenters. The summed E-state index contributed by atoms with van der Waals surface area (Å²) in [5, 5.41) is 4.65. The van der Waals surface area contributed by atoms with Crippen LogP contribution in [-0.2, 0) is 24.6 Å². The molecule has 3 saturated heterocycles. The van der Waals surface area contributed by atoms with Gasteiger partial charge in [0.05, 0.1) is 23.9 Å².